The molecule has 0 aromatic carbocycles. The molecule has 2 unspecified atom stereocenters. The van der Waals surface area contributed by atoms with E-state index in [0.29, 0.717) is 12.1 Å². The van der Waals surface area contributed by atoms with Gasteiger partial charge in [0.05, 0.1) is 6.61 Å². The van der Waals surface area contributed by atoms with E-state index in [1.54, 1.807) is 7.11 Å². The number of ether oxygens (including phenoxy) is 1. The van der Waals surface area contributed by atoms with Crippen molar-refractivity contribution in [2.24, 2.45) is 0 Å². The van der Waals surface area contributed by atoms with Crippen LogP contribution in [-0.4, -0.2) is 19.8 Å². The Morgan fingerprint density at radius 3 is 2.59 bits per heavy atom. The molecule has 0 saturated carbocycles. The van der Waals surface area contributed by atoms with Gasteiger partial charge >= 0.3 is 0 Å². The largest absolute Gasteiger partial charge is 0.383 e. The second-order valence-corrected chi connectivity index (χ2v) is 6.16. The Hall–Kier alpha value is -0.380. The molecule has 1 heterocycles. The van der Waals surface area contributed by atoms with Crippen molar-refractivity contribution in [1.29, 1.82) is 0 Å². The van der Waals surface area contributed by atoms with Crippen molar-refractivity contribution in [3.63, 3.8) is 0 Å². The molecular formula is C14H25NOS. The fourth-order valence-electron chi connectivity index (χ4n) is 2.29. The fraction of sp³-hybridized carbons (Fsp3) is 0.714. The number of thiophene rings is 1. The molecule has 0 bridgehead atoms. The Labute approximate surface area is 109 Å². The lowest BCUT2D eigenvalue weighted by atomic mass is 10.1. The molecule has 2 nitrogen and oxygen atoms in total. The van der Waals surface area contributed by atoms with Crippen LogP contribution in [0, 0.1) is 13.8 Å². The van der Waals surface area contributed by atoms with Crippen LogP contribution in [0.5, 0.6) is 0 Å². The van der Waals surface area contributed by atoms with Crippen LogP contribution in [0.1, 0.15) is 48.0 Å². The second kappa shape index (κ2) is 7.14. The summed E-state index contributed by atoms with van der Waals surface area (Å²) in [5, 5.41) is 3.67. The quantitative estimate of drug-likeness (QED) is 0.799. The van der Waals surface area contributed by atoms with E-state index in [9.17, 15) is 0 Å². The first-order chi connectivity index (χ1) is 8.08. The van der Waals surface area contributed by atoms with Crippen LogP contribution in [-0.2, 0) is 4.74 Å². The smallest absolute Gasteiger partial charge is 0.0616 e. The van der Waals surface area contributed by atoms with Crippen LogP contribution >= 0.6 is 11.3 Å². The standard InChI is InChI=1S/C14H25NOS/c1-6-7-13(9-16-5)15-11(3)14-8-10(2)17-12(14)4/h8,11,13,15H,6-7,9H2,1-5H3. The highest BCUT2D eigenvalue weighted by molar-refractivity contribution is 7.12. The van der Waals surface area contributed by atoms with Gasteiger partial charge < -0.3 is 10.1 Å². The Kier molecular flexibility index (Phi) is 6.17. The van der Waals surface area contributed by atoms with Gasteiger partial charge in [0.25, 0.3) is 0 Å². The molecule has 0 radical (unpaired) electrons. The molecule has 0 amide bonds. The van der Waals surface area contributed by atoms with Gasteiger partial charge in [-0.3, -0.25) is 0 Å². The van der Waals surface area contributed by atoms with Gasteiger partial charge in [-0.15, -0.1) is 11.3 Å². The summed E-state index contributed by atoms with van der Waals surface area (Å²) in [5.41, 5.74) is 1.43. The van der Waals surface area contributed by atoms with E-state index in [1.165, 1.54) is 28.2 Å². The summed E-state index contributed by atoms with van der Waals surface area (Å²) >= 11 is 1.88. The maximum atomic E-state index is 5.27. The highest BCUT2D eigenvalue weighted by Crippen LogP contribution is 2.26. The molecule has 98 valence electrons. The first-order valence-electron chi connectivity index (χ1n) is 6.40. The summed E-state index contributed by atoms with van der Waals surface area (Å²) in [4.78, 5) is 2.82. The van der Waals surface area contributed by atoms with Gasteiger partial charge in [-0.1, -0.05) is 13.3 Å². The third-order valence-electron chi connectivity index (χ3n) is 3.04. The van der Waals surface area contributed by atoms with E-state index in [2.05, 4.69) is 39.1 Å². The summed E-state index contributed by atoms with van der Waals surface area (Å²) in [5.74, 6) is 0. The molecule has 1 aromatic heterocycles. The molecule has 0 spiro atoms. The van der Waals surface area contributed by atoms with Crippen molar-refractivity contribution < 1.29 is 4.74 Å². The third-order valence-corrected chi connectivity index (χ3v) is 4.02. The number of aryl methyl sites for hydroxylation is 2. The average Bonchev–Trinajstić information content (AvgIpc) is 2.58. The molecule has 2 atom stereocenters. The molecule has 0 saturated heterocycles. The Morgan fingerprint density at radius 2 is 2.12 bits per heavy atom. The molecule has 0 aliphatic carbocycles. The molecular weight excluding hydrogens is 230 g/mol. The summed E-state index contributed by atoms with van der Waals surface area (Å²) in [6.45, 7) is 9.63. The lowest BCUT2D eigenvalue weighted by molar-refractivity contribution is 0.157. The van der Waals surface area contributed by atoms with Crippen LogP contribution in [0.3, 0.4) is 0 Å². The highest BCUT2D eigenvalue weighted by Gasteiger charge is 2.15. The first-order valence-corrected chi connectivity index (χ1v) is 7.22. The molecule has 0 aliphatic heterocycles. The molecule has 1 aromatic rings. The van der Waals surface area contributed by atoms with Crippen molar-refractivity contribution in [1.82, 2.24) is 5.32 Å². The molecule has 0 fully saturated rings. The summed E-state index contributed by atoms with van der Waals surface area (Å²) in [6, 6.07) is 3.17. The number of hydrogen-bond donors (Lipinski definition) is 1. The number of methoxy groups -OCH3 is 1. The van der Waals surface area contributed by atoms with E-state index in [-0.39, 0.29) is 0 Å². The molecule has 0 aliphatic rings. The lowest BCUT2D eigenvalue weighted by Gasteiger charge is -2.22. The number of rotatable bonds is 7. The van der Waals surface area contributed by atoms with Gasteiger partial charge in [0.15, 0.2) is 0 Å². The Balaban J connectivity index is 2.62. The minimum Gasteiger partial charge on any atom is -0.383 e. The van der Waals surface area contributed by atoms with E-state index >= 15 is 0 Å². The van der Waals surface area contributed by atoms with Gasteiger partial charge in [-0.25, -0.2) is 0 Å². The van der Waals surface area contributed by atoms with Gasteiger partial charge in [0.1, 0.15) is 0 Å². The van der Waals surface area contributed by atoms with Gasteiger partial charge in [0.2, 0.25) is 0 Å². The van der Waals surface area contributed by atoms with E-state index < -0.39 is 0 Å². The SMILES string of the molecule is CCCC(COC)NC(C)c1cc(C)sc1C. The van der Waals surface area contributed by atoms with E-state index in [1.807, 2.05) is 11.3 Å². The number of hydrogen-bond acceptors (Lipinski definition) is 3. The van der Waals surface area contributed by atoms with Crippen LogP contribution < -0.4 is 5.32 Å². The zero-order valence-corrected chi connectivity index (χ0v) is 12.5. The van der Waals surface area contributed by atoms with Crippen molar-refractivity contribution in [2.75, 3.05) is 13.7 Å². The monoisotopic (exact) mass is 255 g/mol. The molecule has 3 heteroatoms. The second-order valence-electron chi connectivity index (χ2n) is 4.70. The van der Waals surface area contributed by atoms with Crippen LogP contribution in [0.15, 0.2) is 6.07 Å². The zero-order chi connectivity index (χ0) is 12.8. The maximum Gasteiger partial charge on any atom is 0.0616 e. The van der Waals surface area contributed by atoms with E-state index in [4.69, 9.17) is 4.74 Å². The van der Waals surface area contributed by atoms with Crippen LogP contribution in [0.4, 0.5) is 0 Å². The maximum absolute atomic E-state index is 5.27. The van der Waals surface area contributed by atoms with Crippen molar-refractivity contribution in [3.05, 3.63) is 21.4 Å². The fourth-order valence-corrected chi connectivity index (χ4v) is 3.31. The highest BCUT2D eigenvalue weighted by atomic mass is 32.1. The normalized spacial score (nSPS) is 14.9. The first kappa shape index (κ1) is 14.7. The average molecular weight is 255 g/mol. The topological polar surface area (TPSA) is 21.3 Å². The van der Waals surface area contributed by atoms with Gasteiger partial charge in [0, 0.05) is 28.9 Å². The third kappa shape index (κ3) is 4.41. The summed E-state index contributed by atoms with van der Waals surface area (Å²) in [6.07, 6.45) is 2.36. The minimum atomic E-state index is 0.409. The Bertz CT molecular complexity index is 329. The predicted octanol–water partition coefficient (Wildman–Crippen LogP) is 3.83. The summed E-state index contributed by atoms with van der Waals surface area (Å²) in [7, 11) is 1.77. The predicted molar refractivity (Wildman–Crippen MR) is 75.9 cm³/mol. The van der Waals surface area contributed by atoms with Gasteiger partial charge in [-0.05, 0) is 38.8 Å². The lowest BCUT2D eigenvalue weighted by Crippen LogP contribution is -2.35. The van der Waals surface area contributed by atoms with Crippen molar-refractivity contribution in [2.45, 2.75) is 52.6 Å². The molecule has 1 N–H and O–H groups in total. The number of nitrogens with one attached hydrogen (secondary N) is 1. The minimum absolute atomic E-state index is 0.409. The van der Waals surface area contributed by atoms with Crippen LogP contribution in [0.25, 0.3) is 0 Å². The van der Waals surface area contributed by atoms with Gasteiger partial charge in [-0.2, -0.15) is 0 Å². The molecule has 17 heavy (non-hydrogen) atoms. The van der Waals surface area contributed by atoms with E-state index in [0.717, 1.165) is 6.61 Å². The zero-order valence-electron chi connectivity index (χ0n) is 11.7. The van der Waals surface area contributed by atoms with Crippen LogP contribution in [0.2, 0.25) is 0 Å². The van der Waals surface area contributed by atoms with Crippen molar-refractivity contribution in [3.8, 4) is 0 Å². The summed E-state index contributed by atoms with van der Waals surface area (Å²) < 4.78 is 5.27. The van der Waals surface area contributed by atoms with Crippen molar-refractivity contribution >= 4 is 11.3 Å². The Morgan fingerprint density at radius 1 is 1.41 bits per heavy atom. The molecule has 1 rings (SSSR count).